The number of para-hydroxylation sites is 1. The summed E-state index contributed by atoms with van der Waals surface area (Å²) in [7, 11) is 0. The van der Waals surface area contributed by atoms with Gasteiger partial charge in [-0.3, -0.25) is 4.79 Å². The number of aliphatic hydroxyl groups excluding tert-OH is 1. The van der Waals surface area contributed by atoms with E-state index >= 15 is 0 Å². The first-order chi connectivity index (χ1) is 9.20. The fourth-order valence-electron chi connectivity index (χ4n) is 2.65. The Labute approximate surface area is 122 Å². The van der Waals surface area contributed by atoms with Gasteiger partial charge in [-0.05, 0) is 40.4 Å². The molecule has 4 heteroatoms. The summed E-state index contributed by atoms with van der Waals surface area (Å²) in [6, 6.07) is 5.32. The molecule has 1 aromatic rings. The van der Waals surface area contributed by atoms with E-state index in [1.165, 1.54) is 25.7 Å². The van der Waals surface area contributed by atoms with Crippen molar-refractivity contribution >= 4 is 22.2 Å². The molecule has 0 heterocycles. The van der Waals surface area contributed by atoms with Crippen molar-refractivity contribution in [3.8, 4) is 5.75 Å². The van der Waals surface area contributed by atoms with E-state index in [0.29, 0.717) is 17.2 Å². The van der Waals surface area contributed by atoms with Gasteiger partial charge in [0.15, 0.2) is 6.29 Å². The first kappa shape index (κ1) is 14.5. The van der Waals surface area contributed by atoms with Gasteiger partial charge in [-0.2, -0.15) is 0 Å². The molecular formula is C15H19BrO3. The highest BCUT2D eigenvalue weighted by molar-refractivity contribution is 9.10. The van der Waals surface area contributed by atoms with Crippen LogP contribution in [0.25, 0.3) is 0 Å². The van der Waals surface area contributed by atoms with Crippen LogP contribution in [0.4, 0.5) is 0 Å². The number of hydrogen-bond acceptors (Lipinski definition) is 3. The SMILES string of the molecule is O=Cc1cccc(Br)c1OCC(O)CC1CCCC1. The van der Waals surface area contributed by atoms with Crippen LogP contribution in [0.15, 0.2) is 22.7 Å². The Morgan fingerprint density at radius 1 is 1.42 bits per heavy atom. The first-order valence-electron chi connectivity index (χ1n) is 6.75. The van der Waals surface area contributed by atoms with Gasteiger partial charge in [0.1, 0.15) is 12.4 Å². The van der Waals surface area contributed by atoms with Crippen molar-refractivity contribution in [2.24, 2.45) is 5.92 Å². The van der Waals surface area contributed by atoms with E-state index in [9.17, 15) is 9.90 Å². The smallest absolute Gasteiger partial charge is 0.153 e. The van der Waals surface area contributed by atoms with E-state index < -0.39 is 6.10 Å². The molecule has 1 atom stereocenters. The average molecular weight is 327 g/mol. The molecule has 1 aliphatic carbocycles. The maximum absolute atomic E-state index is 10.9. The second-order valence-electron chi connectivity index (χ2n) is 5.13. The summed E-state index contributed by atoms with van der Waals surface area (Å²) in [5, 5.41) is 10.00. The van der Waals surface area contributed by atoms with Crippen molar-refractivity contribution in [3.05, 3.63) is 28.2 Å². The number of aldehydes is 1. The van der Waals surface area contributed by atoms with Gasteiger partial charge in [0, 0.05) is 0 Å². The molecule has 0 aliphatic heterocycles. The Bertz CT molecular complexity index is 427. The predicted octanol–water partition coefficient (Wildman–Crippen LogP) is 3.58. The predicted molar refractivity (Wildman–Crippen MR) is 77.6 cm³/mol. The van der Waals surface area contributed by atoms with Gasteiger partial charge in [0.25, 0.3) is 0 Å². The molecule has 0 saturated heterocycles. The molecule has 0 amide bonds. The Balaban J connectivity index is 1.89. The fourth-order valence-corrected chi connectivity index (χ4v) is 3.15. The van der Waals surface area contributed by atoms with Crippen LogP contribution in [-0.2, 0) is 0 Å². The topological polar surface area (TPSA) is 46.5 Å². The summed E-state index contributed by atoms with van der Waals surface area (Å²) in [4.78, 5) is 10.9. The van der Waals surface area contributed by atoms with Crippen LogP contribution in [0.3, 0.4) is 0 Å². The molecule has 19 heavy (non-hydrogen) atoms. The van der Waals surface area contributed by atoms with E-state index in [2.05, 4.69) is 15.9 Å². The lowest BCUT2D eigenvalue weighted by Gasteiger charge is -2.17. The van der Waals surface area contributed by atoms with Crippen molar-refractivity contribution in [2.75, 3.05) is 6.61 Å². The van der Waals surface area contributed by atoms with E-state index in [-0.39, 0.29) is 6.61 Å². The van der Waals surface area contributed by atoms with Gasteiger partial charge >= 0.3 is 0 Å². The van der Waals surface area contributed by atoms with Gasteiger partial charge in [-0.1, -0.05) is 31.7 Å². The third-order valence-corrected chi connectivity index (χ3v) is 4.25. The normalized spacial score (nSPS) is 17.4. The number of aliphatic hydroxyl groups is 1. The Morgan fingerprint density at radius 3 is 2.84 bits per heavy atom. The van der Waals surface area contributed by atoms with Crippen molar-refractivity contribution in [1.29, 1.82) is 0 Å². The molecule has 0 radical (unpaired) electrons. The van der Waals surface area contributed by atoms with Crippen LogP contribution in [0.1, 0.15) is 42.5 Å². The Morgan fingerprint density at radius 2 is 2.16 bits per heavy atom. The molecule has 0 spiro atoms. The lowest BCUT2D eigenvalue weighted by Crippen LogP contribution is -2.21. The zero-order chi connectivity index (χ0) is 13.7. The summed E-state index contributed by atoms with van der Waals surface area (Å²) in [5.41, 5.74) is 0.502. The monoisotopic (exact) mass is 326 g/mol. The van der Waals surface area contributed by atoms with E-state index in [4.69, 9.17) is 4.74 Å². The second-order valence-corrected chi connectivity index (χ2v) is 5.98. The van der Waals surface area contributed by atoms with Crippen LogP contribution >= 0.6 is 15.9 Å². The van der Waals surface area contributed by atoms with Crippen molar-refractivity contribution in [3.63, 3.8) is 0 Å². The molecular weight excluding hydrogens is 308 g/mol. The molecule has 2 rings (SSSR count). The van der Waals surface area contributed by atoms with Crippen LogP contribution in [0.2, 0.25) is 0 Å². The maximum atomic E-state index is 10.9. The number of carbonyl (C=O) groups excluding carboxylic acids is 1. The van der Waals surface area contributed by atoms with Gasteiger partial charge in [-0.15, -0.1) is 0 Å². The molecule has 0 aromatic heterocycles. The van der Waals surface area contributed by atoms with Crippen molar-refractivity contribution < 1.29 is 14.6 Å². The van der Waals surface area contributed by atoms with Crippen LogP contribution in [0, 0.1) is 5.92 Å². The maximum Gasteiger partial charge on any atom is 0.153 e. The van der Waals surface area contributed by atoms with E-state index in [0.717, 1.165) is 17.2 Å². The largest absolute Gasteiger partial charge is 0.489 e. The number of rotatable bonds is 6. The standard InChI is InChI=1S/C15H19BrO3/c16-14-7-3-6-12(9-17)15(14)19-10-13(18)8-11-4-1-2-5-11/h3,6-7,9,11,13,18H,1-2,4-5,8,10H2. The zero-order valence-corrected chi connectivity index (χ0v) is 12.4. The fraction of sp³-hybridized carbons (Fsp3) is 0.533. The molecule has 1 unspecified atom stereocenters. The molecule has 0 bridgehead atoms. The number of carbonyl (C=O) groups is 1. The minimum atomic E-state index is -0.463. The Kier molecular flexibility index (Phi) is 5.40. The van der Waals surface area contributed by atoms with E-state index in [1.54, 1.807) is 12.1 Å². The highest BCUT2D eigenvalue weighted by Crippen LogP contribution is 2.30. The number of halogens is 1. The van der Waals surface area contributed by atoms with Crippen molar-refractivity contribution in [2.45, 2.75) is 38.2 Å². The van der Waals surface area contributed by atoms with Gasteiger partial charge in [0.05, 0.1) is 16.1 Å². The van der Waals surface area contributed by atoms with Gasteiger partial charge in [0.2, 0.25) is 0 Å². The number of hydrogen-bond donors (Lipinski definition) is 1. The van der Waals surface area contributed by atoms with Gasteiger partial charge in [-0.25, -0.2) is 0 Å². The molecule has 1 aromatic carbocycles. The molecule has 1 N–H and O–H groups in total. The third kappa shape index (κ3) is 4.05. The van der Waals surface area contributed by atoms with Crippen LogP contribution < -0.4 is 4.74 Å². The van der Waals surface area contributed by atoms with Crippen molar-refractivity contribution in [1.82, 2.24) is 0 Å². The Hall–Kier alpha value is -0.870. The number of ether oxygens (including phenoxy) is 1. The highest BCUT2D eigenvalue weighted by atomic mass is 79.9. The summed E-state index contributed by atoms with van der Waals surface area (Å²) in [6.07, 6.45) is 6.08. The minimum Gasteiger partial charge on any atom is -0.489 e. The zero-order valence-electron chi connectivity index (χ0n) is 10.8. The summed E-state index contributed by atoms with van der Waals surface area (Å²) in [5.74, 6) is 1.14. The second kappa shape index (κ2) is 7.06. The molecule has 3 nitrogen and oxygen atoms in total. The molecule has 1 saturated carbocycles. The molecule has 104 valence electrons. The summed E-state index contributed by atoms with van der Waals surface area (Å²) in [6.45, 7) is 0.236. The lowest BCUT2D eigenvalue weighted by molar-refractivity contribution is 0.0842. The first-order valence-corrected chi connectivity index (χ1v) is 7.54. The lowest BCUT2D eigenvalue weighted by atomic mass is 10.0. The number of benzene rings is 1. The third-order valence-electron chi connectivity index (χ3n) is 3.62. The van der Waals surface area contributed by atoms with Crippen LogP contribution in [0.5, 0.6) is 5.75 Å². The summed E-state index contributed by atoms with van der Waals surface area (Å²) >= 11 is 3.36. The molecule has 1 fully saturated rings. The highest BCUT2D eigenvalue weighted by Gasteiger charge is 2.19. The quantitative estimate of drug-likeness (QED) is 0.813. The summed E-state index contributed by atoms with van der Waals surface area (Å²) < 4.78 is 6.34. The molecule has 1 aliphatic rings. The average Bonchev–Trinajstić information content (AvgIpc) is 2.89. The van der Waals surface area contributed by atoms with Gasteiger partial charge < -0.3 is 9.84 Å². The van der Waals surface area contributed by atoms with Crippen LogP contribution in [-0.4, -0.2) is 24.1 Å². The minimum absolute atomic E-state index is 0.236. The van der Waals surface area contributed by atoms with E-state index in [1.807, 2.05) is 6.07 Å².